The summed E-state index contributed by atoms with van der Waals surface area (Å²) >= 11 is 0. The third kappa shape index (κ3) is 5.25. The van der Waals surface area contributed by atoms with Gasteiger partial charge < -0.3 is 15.1 Å². The first-order chi connectivity index (χ1) is 13.5. The minimum Gasteiger partial charge on any atom is -0.368 e. The van der Waals surface area contributed by atoms with E-state index in [0.717, 1.165) is 44.2 Å². The fourth-order valence-electron chi connectivity index (χ4n) is 3.25. The molecule has 1 heterocycles. The second kappa shape index (κ2) is 9.10. The van der Waals surface area contributed by atoms with Crippen LogP contribution in [0.3, 0.4) is 0 Å². The predicted molar refractivity (Wildman–Crippen MR) is 115 cm³/mol. The molecule has 0 amide bonds. The van der Waals surface area contributed by atoms with Crippen molar-refractivity contribution in [3.63, 3.8) is 0 Å². The molecule has 6 nitrogen and oxygen atoms in total. The number of anilines is 1. The summed E-state index contributed by atoms with van der Waals surface area (Å²) in [7, 11) is -3.17. The van der Waals surface area contributed by atoms with Crippen LogP contribution >= 0.6 is 0 Å². The zero-order valence-corrected chi connectivity index (χ0v) is 17.3. The van der Waals surface area contributed by atoms with Crippen LogP contribution in [0.15, 0.2) is 64.5 Å². The van der Waals surface area contributed by atoms with Crippen molar-refractivity contribution in [3.05, 3.63) is 60.2 Å². The van der Waals surface area contributed by atoms with Gasteiger partial charge in [0.25, 0.3) is 0 Å². The highest BCUT2D eigenvalue weighted by Crippen LogP contribution is 2.16. The van der Waals surface area contributed by atoms with E-state index in [0.29, 0.717) is 11.4 Å². The Morgan fingerprint density at radius 2 is 1.64 bits per heavy atom. The maximum absolute atomic E-state index is 11.6. The number of aliphatic imine (C=N–C) groups is 1. The summed E-state index contributed by atoms with van der Waals surface area (Å²) < 4.78 is 23.2. The standard InChI is InChI=1S/C21H28N4O2S/c1-3-22-21(23-17-18-9-11-20(12-10-18)28(2,26)27)25-15-13-24(14-16-25)19-7-5-4-6-8-19/h4-12H,3,13-17H2,1-2H3,(H,22,23). The van der Waals surface area contributed by atoms with Gasteiger partial charge in [0.2, 0.25) is 0 Å². The molecule has 0 spiro atoms. The molecule has 1 aliphatic rings. The lowest BCUT2D eigenvalue weighted by atomic mass is 10.2. The molecule has 0 radical (unpaired) electrons. The maximum Gasteiger partial charge on any atom is 0.194 e. The van der Waals surface area contributed by atoms with Crippen LogP contribution in [0, 0.1) is 0 Å². The summed E-state index contributed by atoms with van der Waals surface area (Å²) in [5.74, 6) is 0.905. The van der Waals surface area contributed by atoms with Crippen LogP contribution in [-0.4, -0.2) is 58.3 Å². The third-order valence-electron chi connectivity index (χ3n) is 4.80. The monoisotopic (exact) mass is 400 g/mol. The van der Waals surface area contributed by atoms with Crippen molar-refractivity contribution in [1.82, 2.24) is 10.2 Å². The van der Waals surface area contributed by atoms with E-state index in [-0.39, 0.29) is 0 Å². The lowest BCUT2D eigenvalue weighted by molar-refractivity contribution is 0.372. The zero-order chi connectivity index (χ0) is 20.0. The van der Waals surface area contributed by atoms with E-state index in [1.165, 1.54) is 11.9 Å². The Bertz CT molecular complexity index is 888. The van der Waals surface area contributed by atoms with Gasteiger partial charge in [-0.3, -0.25) is 0 Å². The lowest BCUT2D eigenvalue weighted by Gasteiger charge is -2.37. The van der Waals surface area contributed by atoms with E-state index in [2.05, 4.69) is 46.3 Å². The van der Waals surface area contributed by atoms with Gasteiger partial charge in [-0.2, -0.15) is 0 Å². The van der Waals surface area contributed by atoms with Crippen molar-refractivity contribution >= 4 is 21.5 Å². The van der Waals surface area contributed by atoms with E-state index in [1.807, 2.05) is 18.2 Å². The Morgan fingerprint density at radius 3 is 2.21 bits per heavy atom. The van der Waals surface area contributed by atoms with Gasteiger partial charge in [-0.1, -0.05) is 30.3 Å². The minimum atomic E-state index is -3.17. The van der Waals surface area contributed by atoms with Crippen molar-refractivity contribution < 1.29 is 8.42 Å². The van der Waals surface area contributed by atoms with E-state index in [4.69, 9.17) is 4.99 Å². The van der Waals surface area contributed by atoms with Crippen molar-refractivity contribution in [1.29, 1.82) is 0 Å². The van der Waals surface area contributed by atoms with Crippen molar-refractivity contribution in [2.24, 2.45) is 4.99 Å². The molecule has 2 aromatic rings. The van der Waals surface area contributed by atoms with Crippen LogP contribution in [0.25, 0.3) is 0 Å². The van der Waals surface area contributed by atoms with Crippen molar-refractivity contribution in [2.75, 3.05) is 43.9 Å². The van der Waals surface area contributed by atoms with Gasteiger partial charge in [0.1, 0.15) is 0 Å². The summed E-state index contributed by atoms with van der Waals surface area (Å²) in [5.41, 5.74) is 2.25. The summed E-state index contributed by atoms with van der Waals surface area (Å²) in [5, 5.41) is 3.37. The highest BCUT2D eigenvalue weighted by molar-refractivity contribution is 7.90. The van der Waals surface area contributed by atoms with E-state index in [1.54, 1.807) is 12.1 Å². The Kier molecular flexibility index (Phi) is 6.57. The van der Waals surface area contributed by atoms with Crippen LogP contribution in [-0.2, 0) is 16.4 Å². The van der Waals surface area contributed by atoms with Crippen LogP contribution in [0.1, 0.15) is 12.5 Å². The number of nitrogens with zero attached hydrogens (tertiary/aromatic N) is 3. The Hall–Kier alpha value is -2.54. The third-order valence-corrected chi connectivity index (χ3v) is 5.93. The summed E-state index contributed by atoms with van der Waals surface area (Å²) in [6.07, 6.45) is 1.22. The van der Waals surface area contributed by atoms with Crippen molar-refractivity contribution in [3.8, 4) is 0 Å². The normalized spacial score (nSPS) is 15.6. The summed E-state index contributed by atoms with van der Waals surface area (Å²) in [4.78, 5) is 9.78. The van der Waals surface area contributed by atoms with Gasteiger partial charge >= 0.3 is 0 Å². The van der Waals surface area contributed by atoms with Gasteiger partial charge in [0.05, 0.1) is 11.4 Å². The zero-order valence-electron chi connectivity index (χ0n) is 16.5. The number of hydrogen-bond acceptors (Lipinski definition) is 4. The van der Waals surface area contributed by atoms with Gasteiger partial charge in [-0.15, -0.1) is 0 Å². The smallest absolute Gasteiger partial charge is 0.194 e. The number of nitrogens with one attached hydrogen (secondary N) is 1. The second-order valence-corrected chi connectivity index (χ2v) is 8.91. The van der Waals surface area contributed by atoms with Crippen LogP contribution in [0.4, 0.5) is 5.69 Å². The van der Waals surface area contributed by atoms with Gasteiger partial charge in [0.15, 0.2) is 15.8 Å². The average Bonchev–Trinajstić information content (AvgIpc) is 2.71. The van der Waals surface area contributed by atoms with Crippen LogP contribution < -0.4 is 10.2 Å². The summed E-state index contributed by atoms with van der Waals surface area (Å²) in [6.45, 7) is 7.13. The lowest BCUT2D eigenvalue weighted by Crippen LogP contribution is -2.52. The van der Waals surface area contributed by atoms with E-state index >= 15 is 0 Å². The van der Waals surface area contributed by atoms with Crippen LogP contribution in [0.5, 0.6) is 0 Å². The molecule has 0 atom stereocenters. The van der Waals surface area contributed by atoms with Crippen LogP contribution in [0.2, 0.25) is 0 Å². The number of rotatable bonds is 5. The first kappa shape index (κ1) is 20.2. The molecule has 0 unspecified atom stereocenters. The van der Waals surface area contributed by atoms with E-state index < -0.39 is 9.84 Å². The largest absolute Gasteiger partial charge is 0.368 e. The fraction of sp³-hybridized carbons (Fsp3) is 0.381. The molecule has 28 heavy (non-hydrogen) atoms. The topological polar surface area (TPSA) is 65.0 Å². The molecule has 0 saturated carbocycles. The summed E-state index contributed by atoms with van der Waals surface area (Å²) in [6, 6.07) is 17.4. The highest BCUT2D eigenvalue weighted by atomic mass is 32.2. The van der Waals surface area contributed by atoms with Gasteiger partial charge in [-0.25, -0.2) is 13.4 Å². The minimum absolute atomic E-state index is 0.337. The number of benzene rings is 2. The number of piperazine rings is 1. The molecular weight excluding hydrogens is 372 g/mol. The number of sulfone groups is 1. The molecule has 2 aromatic carbocycles. The molecule has 7 heteroatoms. The molecule has 1 saturated heterocycles. The quantitative estimate of drug-likeness (QED) is 0.617. The molecule has 0 bridgehead atoms. The van der Waals surface area contributed by atoms with Gasteiger partial charge in [0, 0.05) is 44.7 Å². The molecule has 1 aliphatic heterocycles. The maximum atomic E-state index is 11.6. The Labute approximate surface area is 167 Å². The first-order valence-electron chi connectivity index (χ1n) is 9.59. The molecule has 3 rings (SSSR count). The SMILES string of the molecule is CCNC(=NCc1ccc(S(C)(=O)=O)cc1)N1CCN(c2ccccc2)CC1. The first-order valence-corrected chi connectivity index (χ1v) is 11.5. The number of para-hydroxylation sites is 1. The number of hydrogen-bond donors (Lipinski definition) is 1. The second-order valence-electron chi connectivity index (χ2n) is 6.90. The predicted octanol–water partition coefficient (Wildman–Crippen LogP) is 2.38. The Balaban J connectivity index is 1.63. The molecule has 0 aromatic heterocycles. The molecule has 0 aliphatic carbocycles. The van der Waals surface area contributed by atoms with Gasteiger partial charge in [-0.05, 0) is 36.8 Å². The molecule has 1 fully saturated rings. The molecule has 150 valence electrons. The van der Waals surface area contributed by atoms with Crippen molar-refractivity contribution in [2.45, 2.75) is 18.4 Å². The average molecular weight is 401 g/mol. The molecular formula is C21H28N4O2S. The number of guanidine groups is 1. The highest BCUT2D eigenvalue weighted by Gasteiger charge is 2.19. The molecule has 1 N–H and O–H groups in total. The van der Waals surface area contributed by atoms with E-state index in [9.17, 15) is 8.42 Å². The fourth-order valence-corrected chi connectivity index (χ4v) is 3.88. The Morgan fingerprint density at radius 1 is 1.00 bits per heavy atom.